The molecule has 1 amide bonds. The Morgan fingerprint density at radius 2 is 1.81 bits per heavy atom. The Hall–Kier alpha value is -2.65. The van der Waals surface area contributed by atoms with Crippen molar-refractivity contribution in [2.45, 2.75) is 11.4 Å². The van der Waals surface area contributed by atoms with Crippen molar-refractivity contribution >= 4 is 44.8 Å². The summed E-state index contributed by atoms with van der Waals surface area (Å²) < 4.78 is 47.0. The highest BCUT2D eigenvalue weighted by Gasteiger charge is 2.19. The van der Waals surface area contributed by atoms with Gasteiger partial charge in [-0.05, 0) is 48.0 Å². The van der Waals surface area contributed by atoms with Crippen LogP contribution in [0.5, 0.6) is 5.75 Å². The zero-order valence-corrected chi connectivity index (χ0v) is 18.5. The van der Waals surface area contributed by atoms with Gasteiger partial charge in [0.25, 0.3) is 5.91 Å². The van der Waals surface area contributed by atoms with E-state index in [4.69, 9.17) is 27.9 Å². The highest BCUT2D eigenvalue weighted by molar-refractivity contribution is 7.89. The van der Waals surface area contributed by atoms with Crippen LogP contribution in [0.4, 0.5) is 10.1 Å². The topological polar surface area (TPSA) is 84.5 Å². The molecular formula is C21H17Cl2FN2O4S. The lowest BCUT2D eigenvalue weighted by Gasteiger charge is -2.13. The number of methoxy groups -OCH3 is 1. The first-order valence-corrected chi connectivity index (χ1v) is 11.1. The van der Waals surface area contributed by atoms with Gasteiger partial charge in [0.2, 0.25) is 10.0 Å². The summed E-state index contributed by atoms with van der Waals surface area (Å²) in [5, 5.41) is 3.24. The second kappa shape index (κ2) is 9.65. The van der Waals surface area contributed by atoms with Crippen LogP contribution in [-0.2, 0) is 16.6 Å². The van der Waals surface area contributed by atoms with Crippen molar-refractivity contribution in [3.05, 3.63) is 87.7 Å². The van der Waals surface area contributed by atoms with Crippen LogP contribution in [0.2, 0.25) is 10.0 Å². The molecule has 0 saturated carbocycles. The molecule has 0 heterocycles. The number of ether oxygens (including phenoxy) is 1. The van der Waals surface area contributed by atoms with Gasteiger partial charge in [0.05, 0.1) is 23.3 Å². The van der Waals surface area contributed by atoms with E-state index >= 15 is 0 Å². The van der Waals surface area contributed by atoms with Gasteiger partial charge in [0.15, 0.2) is 0 Å². The third-order valence-electron chi connectivity index (χ3n) is 4.32. The largest absolute Gasteiger partial charge is 0.495 e. The first-order valence-electron chi connectivity index (χ1n) is 8.89. The van der Waals surface area contributed by atoms with Gasteiger partial charge in [-0.1, -0.05) is 41.4 Å². The minimum atomic E-state index is -3.96. The number of benzene rings is 3. The third kappa shape index (κ3) is 5.54. The molecule has 3 aromatic carbocycles. The molecule has 3 aromatic rings. The van der Waals surface area contributed by atoms with E-state index in [2.05, 4.69) is 10.0 Å². The molecule has 0 radical (unpaired) electrons. The van der Waals surface area contributed by atoms with Crippen molar-refractivity contribution in [1.82, 2.24) is 4.72 Å². The van der Waals surface area contributed by atoms with Gasteiger partial charge in [-0.2, -0.15) is 0 Å². The monoisotopic (exact) mass is 482 g/mol. The first-order chi connectivity index (χ1) is 14.7. The van der Waals surface area contributed by atoms with E-state index < -0.39 is 21.7 Å². The maximum Gasteiger partial charge on any atom is 0.258 e. The van der Waals surface area contributed by atoms with E-state index in [0.717, 1.165) is 6.07 Å². The van der Waals surface area contributed by atoms with Crippen molar-refractivity contribution in [3.8, 4) is 5.75 Å². The molecule has 0 aliphatic carbocycles. The predicted molar refractivity (Wildman–Crippen MR) is 118 cm³/mol. The fourth-order valence-corrected chi connectivity index (χ4v) is 4.22. The SMILES string of the molecule is COc1ccc(S(=O)(=O)NCc2ccc(Cl)cc2Cl)cc1NC(=O)c1ccccc1F. The molecule has 3 rings (SSSR count). The number of nitrogens with one attached hydrogen (secondary N) is 2. The summed E-state index contributed by atoms with van der Waals surface area (Å²) in [5.41, 5.74) is 0.424. The highest BCUT2D eigenvalue weighted by Crippen LogP contribution is 2.29. The molecule has 10 heteroatoms. The van der Waals surface area contributed by atoms with Gasteiger partial charge in [-0.3, -0.25) is 4.79 Å². The third-order valence-corrected chi connectivity index (χ3v) is 6.30. The summed E-state index contributed by atoms with van der Waals surface area (Å²) in [6.07, 6.45) is 0. The van der Waals surface area contributed by atoms with E-state index in [1.807, 2.05) is 0 Å². The Morgan fingerprint density at radius 3 is 2.48 bits per heavy atom. The van der Waals surface area contributed by atoms with Crippen molar-refractivity contribution in [2.24, 2.45) is 0 Å². The molecular weight excluding hydrogens is 466 g/mol. The molecule has 0 aliphatic rings. The van der Waals surface area contributed by atoms with E-state index in [1.54, 1.807) is 12.1 Å². The Bertz CT molecular complexity index is 1240. The van der Waals surface area contributed by atoms with Crippen LogP contribution >= 0.6 is 23.2 Å². The summed E-state index contributed by atoms with van der Waals surface area (Å²) in [5.74, 6) is -1.24. The number of carbonyl (C=O) groups excluding carboxylic acids is 1. The van der Waals surface area contributed by atoms with E-state index in [1.165, 1.54) is 49.6 Å². The summed E-state index contributed by atoms with van der Waals surface area (Å²) in [4.78, 5) is 12.3. The van der Waals surface area contributed by atoms with Gasteiger partial charge in [0, 0.05) is 16.6 Å². The van der Waals surface area contributed by atoms with Gasteiger partial charge in [-0.15, -0.1) is 0 Å². The number of halogens is 3. The molecule has 6 nitrogen and oxygen atoms in total. The number of anilines is 1. The summed E-state index contributed by atoms with van der Waals surface area (Å²) in [6.45, 7) is -0.0682. The van der Waals surface area contributed by atoms with Gasteiger partial charge < -0.3 is 10.1 Å². The number of carbonyl (C=O) groups is 1. The summed E-state index contributed by atoms with van der Waals surface area (Å²) >= 11 is 11.9. The normalized spacial score (nSPS) is 11.2. The fraction of sp³-hybridized carbons (Fsp3) is 0.0952. The van der Waals surface area contributed by atoms with Crippen LogP contribution in [0.15, 0.2) is 65.6 Å². The van der Waals surface area contributed by atoms with Gasteiger partial charge in [0.1, 0.15) is 11.6 Å². The van der Waals surface area contributed by atoms with Crippen LogP contribution in [-0.4, -0.2) is 21.4 Å². The predicted octanol–water partition coefficient (Wildman–Crippen LogP) is 4.87. The highest BCUT2D eigenvalue weighted by atomic mass is 35.5. The molecule has 0 unspecified atom stereocenters. The molecule has 0 fully saturated rings. The van der Waals surface area contributed by atoms with Crippen molar-refractivity contribution < 1.29 is 22.3 Å². The summed E-state index contributed by atoms with van der Waals surface area (Å²) in [6, 6.07) is 14.1. The van der Waals surface area contributed by atoms with Gasteiger partial charge in [-0.25, -0.2) is 17.5 Å². The Kier molecular flexibility index (Phi) is 7.17. The van der Waals surface area contributed by atoms with Crippen LogP contribution < -0.4 is 14.8 Å². The number of sulfonamides is 1. The van der Waals surface area contributed by atoms with Crippen molar-refractivity contribution in [3.63, 3.8) is 0 Å². The second-order valence-corrected chi connectivity index (χ2v) is 8.97. The van der Waals surface area contributed by atoms with Crippen molar-refractivity contribution in [1.29, 1.82) is 0 Å². The van der Waals surface area contributed by atoms with Crippen molar-refractivity contribution in [2.75, 3.05) is 12.4 Å². The smallest absolute Gasteiger partial charge is 0.258 e. The average Bonchev–Trinajstić information content (AvgIpc) is 2.73. The molecule has 0 spiro atoms. The summed E-state index contributed by atoms with van der Waals surface area (Å²) in [7, 11) is -2.60. The van der Waals surface area contributed by atoms with E-state index in [-0.39, 0.29) is 28.4 Å². The van der Waals surface area contributed by atoms with E-state index in [0.29, 0.717) is 15.6 Å². The number of hydrogen-bond acceptors (Lipinski definition) is 4. The van der Waals surface area contributed by atoms with Crippen LogP contribution in [0.1, 0.15) is 15.9 Å². The zero-order chi connectivity index (χ0) is 22.6. The number of rotatable bonds is 7. The van der Waals surface area contributed by atoms with Gasteiger partial charge >= 0.3 is 0 Å². The number of hydrogen-bond donors (Lipinski definition) is 2. The zero-order valence-electron chi connectivity index (χ0n) is 16.2. The molecule has 0 bridgehead atoms. The second-order valence-electron chi connectivity index (χ2n) is 6.36. The standard InChI is InChI=1S/C21H17Cl2FN2O4S/c1-30-20-9-8-15(11-19(20)26-21(27)16-4-2-3-5-18(16)24)31(28,29)25-12-13-6-7-14(22)10-17(13)23/h2-11,25H,12H2,1H3,(H,26,27). The maximum atomic E-state index is 13.9. The number of amides is 1. The fourth-order valence-electron chi connectivity index (χ4n) is 2.71. The first kappa shape index (κ1) is 23.0. The van der Waals surface area contributed by atoms with E-state index in [9.17, 15) is 17.6 Å². The lowest BCUT2D eigenvalue weighted by atomic mass is 10.2. The Labute approximate surface area is 189 Å². The molecule has 0 aliphatic heterocycles. The molecule has 0 atom stereocenters. The molecule has 162 valence electrons. The Balaban J connectivity index is 1.84. The average molecular weight is 483 g/mol. The lowest BCUT2D eigenvalue weighted by molar-refractivity contribution is 0.102. The maximum absolute atomic E-state index is 13.9. The molecule has 0 saturated heterocycles. The van der Waals surface area contributed by atoms with Crippen LogP contribution in [0.25, 0.3) is 0 Å². The Morgan fingerprint density at radius 1 is 1.06 bits per heavy atom. The molecule has 2 N–H and O–H groups in total. The van der Waals surface area contributed by atoms with Crippen LogP contribution in [0.3, 0.4) is 0 Å². The quantitative estimate of drug-likeness (QED) is 0.502. The van der Waals surface area contributed by atoms with Crippen LogP contribution in [0, 0.1) is 5.82 Å². The molecule has 31 heavy (non-hydrogen) atoms. The molecule has 0 aromatic heterocycles. The minimum Gasteiger partial charge on any atom is -0.495 e. The lowest BCUT2D eigenvalue weighted by Crippen LogP contribution is -2.23. The minimum absolute atomic E-state index is 0.0682.